The summed E-state index contributed by atoms with van der Waals surface area (Å²) in [6, 6.07) is 5.18. The maximum absolute atomic E-state index is 14.0. The van der Waals surface area contributed by atoms with Gasteiger partial charge in [0.25, 0.3) is 6.43 Å². The molecule has 0 amide bonds. The first-order valence-corrected chi connectivity index (χ1v) is 8.51. The lowest BCUT2D eigenvalue weighted by molar-refractivity contribution is -0.0391. The highest BCUT2D eigenvalue weighted by Crippen LogP contribution is 2.53. The van der Waals surface area contributed by atoms with Crippen LogP contribution in [0.3, 0.4) is 0 Å². The SMILES string of the molecule is [2H]C1(O)c2c(ccc(Oc3cc(F)cc(C#N)c3)c2C(F)F)S(=O)(=O)C1(F)F. The topological polar surface area (TPSA) is 87.4 Å². The minimum atomic E-state index is -5.62. The molecule has 0 aliphatic carbocycles. The van der Waals surface area contributed by atoms with Crippen molar-refractivity contribution in [3.63, 3.8) is 0 Å². The van der Waals surface area contributed by atoms with Crippen molar-refractivity contribution < 1.29 is 41.6 Å². The second-order valence-electron chi connectivity index (χ2n) is 5.41. The molecule has 2 aromatic rings. The molecule has 27 heavy (non-hydrogen) atoms. The van der Waals surface area contributed by atoms with Gasteiger partial charge >= 0.3 is 5.25 Å². The quantitative estimate of drug-likeness (QED) is 0.783. The summed E-state index contributed by atoms with van der Waals surface area (Å²) in [5.41, 5.74) is -3.22. The summed E-state index contributed by atoms with van der Waals surface area (Å²) in [5.74, 6) is -2.30. The van der Waals surface area contributed by atoms with Gasteiger partial charge in [-0.05, 0) is 24.3 Å². The van der Waals surface area contributed by atoms with Crippen LogP contribution < -0.4 is 4.74 Å². The summed E-state index contributed by atoms with van der Waals surface area (Å²) in [4.78, 5) is -1.34. The van der Waals surface area contributed by atoms with Crippen LogP contribution in [0.1, 0.15) is 30.6 Å². The molecular formula is C16H8F5NO4S. The number of aliphatic hydroxyl groups is 1. The van der Waals surface area contributed by atoms with Gasteiger partial charge in [0.05, 0.1) is 23.5 Å². The zero-order chi connectivity index (χ0) is 21.1. The average molecular weight is 406 g/mol. The van der Waals surface area contributed by atoms with Crippen LogP contribution in [0.25, 0.3) is 0 Å². The van der Waals surface area contributed by atoms with Gasteiger partial charge in [-0.25, -0.2) is 21.6 Å². The van der Waals surface area contributed by atoms with E-state index < -0.39 is 60.9 Å². The van der Waals surface area contributed by atoms with Crippen molar-refractivity contribution in [3.8, 4) is 17.6 Å². The highest BCUT2D eigenvalue weighted by atomic mass is 32.2. The molecule has 1 aliphatic heterocycles. The van der Waals surface area contributed by atoms with Crippen molar-refractivity contribution in [2.24, 2.45) is 0 Å². The Morgan fingerprint density at radius 3 is 2.56 bits per heavy atom. The number of rotatable bonds is 3. The summed E-state index contributed by atoms with van der Waals surface area (Å²) in [7, 11) is -5.62. The van der Waals surface area contributed by atoms with Crippen LogP contribution in [0.5, 0.6) is 11.5 Å². The summed E-state index contributed by atoms with van der Waals surface area (Å²) < 4.78 is 105. The normalized spacial score (nSPS) is 22.8. The number of nitriles is 1. The van der Waals surface area contributed by atoms with E-state index in [0.29, 0.717) is 18.2 Å². The highest BCUT2D eigenvalue weighted by Gasteiger charge is 2.61. The first-order chi connectivity index (χ1) is 12.8. The van der Waals surface area contributed by atoms with Gasteiger partial charge in [0, 0.05) is 11.6 Å². The summed E-state index contributed by atoms with van der Waals surface area (Å²) >= 11 is 0. The van der Waals surface area contributed by atoms with Crippen LogP contribution in [0.15, 0.2) is 35.2 Å². The lowest BCUT2D eigenvalue weighted by Crippen LogP contribution is -2.28. The molecule has 1 atom stereocenters. The first kappa shape index (κ1) is 17.7. The minimum absolute atomic E-state index is 0.235. The van der Waals surface area contributed by atoms with E-state index in [9.17, 15) is 35.5 Å². The number of sulfone groups is 1. The van der Waals surface area contributed by atoms with Crippen molar-refractivity contribution in [1.29, 1.82) is 5.26 Å². The Morgan fingerprint density at radius 1 is 1.30 bits per heavy atom. The molecule has 0 aromatic heterocycles. The van der Waals surface area contributed by atoms with Crippen molar-refractivity contribution >= 4 is 9.84 Å². The second kappa shape index (κ2) is 6.17. The van der Waals surface area contributed by atoms with E-state index in [1.165, 1.54) is 0 Å². The Hall–Kier alpha value is -2.71. The van der Waals surface area contributed by atoms with Crippen molar-refractivity contribution in [1.82, 2.24) is 0 Å². The number of benzene rings is 2. The van der Waals surface area contributed by atoms with E-state index in [0.717, 1.165) is 12.1 Å². The third-order valence-corrected chi connectivity index (χ3v) is 5.54. The third kappa shape index (κ3) is 2.81. The maximum atomic E-state index is 14.0. The lowest BCUT2D eigenvalue weighted by atomic mass is 10.0. The number of halogens is 5. The summed E-state index contributed by atoms with van der Waals surface area (Å²) in [5, 5.41) is 13.5. The van der Waals surface area contributed by atoms with Gasteiger partial charge in [-0.1, -0.05) is 0 Å². The second-order valence-corrected chi connectivity index (χ2v) is 7.37. The zero-order valence-corrected chi connectivity index (χ0v) is 13.7. The Kier molecular flexibility index (Phi) is 4.05. The van der Waals surface area contributed by atoms with E-state index in [1.807, 2.05) is 0 Å². The molecule has 1 aliphatic rings. The molecule has 142 valence electrons. The molecule has 1 unspecified atom stereocenters. The molecule has 0 saturated heterocycles. The van der Waals surface area contributed by atoms with Gasteiger partial charge in [-0.3, -0.25) is 0 Å². The number of hydrogen-bond donors (Lipinski definition) is 1. The van der Waals surface area contributed by atoms with Gasteiger partial charge in [0.1, 0.15) is 17.3 Å². The number of ether oxygens (including phenoxy) is 1. The predicted octanol–water partition coefficient (Wildman–Crippen LogP) is 3.84. The largest absolute Gasteiger partial charge is 0.457 e. The predicted molar refractivity (Wildman–Crippen MR) is 79.7 cm³/mol. The Balaban J connectivity index is 2.26. The van der Waals surface area contributed by atoms with Gasteiger partial charge in [-0.15, -0.1) is 0 Å². The van der Waals surface area contributed by atoms with Crippen molar-refractivity contribution in [2.45, 2.75) is 22.7 Å². The fourth-order valence-electron chi connectivity index (χ4n) is 2.58. The number of alkyl halides is 4. The maximum Gasteiger partial charge on any atom is 0.379 e. The van der Waals surface area contributed by atoms with Crippen LogP contribution in [-0.2, 0) is 9.84 Å². The molecule has 0 fully saturated rings. The molecule has 0 radical (unpaired) electrons. The van der Waals surface area contributed by atoms with E-state index in [4.69, 9.17) is 11.4 Å². The van der Waals surface area contributed by atoms with E-state index >= 15 is 0 Å². The fraction of sp³-hybridized carbons (Fsp3) is 0.188. The van der Waals surface area contributed by atoms with Crippen molar-refractivity contribution in [2.75, 3.05) is 0 Å². The summed E-state index contributed by atoms with van der Waals surface area (Å²) in [6.07, 6.45) is -7.83. The van der Waals surface area contributed by atoms with E-state index in [1.54, 1.807) is 6.07 Å². The van der Waals surface area contributed by atoms with Gasteiger partial charge in [-0.2, -0.15) is 14.0 Å². The number of hydrogen-bond acceptors (Lipinski definition) is 5. The van der Waals surface area contributed by atoms with Gasteiger partial charge in [0.15, 0.2) is 6.08 Å². The highest BCUT2D eigenvalue weighted by molar-refractivity contribution is 7.92. The van der Waals surface area contributed by atoms with Gasteiger partial charge < -0.3 is 9.84 Å². The molecule has 5 nitrogen and oxygen atoms in total. The molecule has 1 heterocycles. The molecule has 0 saturated carbocycles. The molecule has 11 heteroatoms. The lowest BCUT2D eigenvalue weighted by Gasteiger charge is -2.16. The van der Waals surface area contributed by atoms with Crippen LogP contribution in [0.4, 0.5) is 22.0 Å². The molecule has 0 spiro atoms. The van der Waals surface area contributed by atoms with E-state index in [-0.39, 0.29) is 5.56 Å². The monoisotopic (exact) mass is 406 g/mol. The average Bonchev–Trinajstić information content (AvgIpc) is 2.69. The van der Waals surface area contributed by atoms with Crippen LogP contribution in [0, 0.1) is 17.1 Å². The van der Waals surface area contributed by atoms with Crippen LogP contribution in [0.2, 0.25) is 0 Å². The Labute approximate surface area is 150 Å². The Morgan fingerprint density at radius 2 is 1.96 bits per heavy atom. The van der Waals surface area contributed by atoms with Crippen LogP contribution in [-0.4, -0.2) is 18.8 Å². The van der Waals surface area contributed by atoms with E-state index in [2.05, 4.69) is 0 Å². The minimum Gasteiger partial charge on any atom is -0.457 e. The fourth-order valence-corrected chi connectivity index (χ4v) is 3.93. The van der Waals surface area contributed by atoms with Gasteiger partial charge in [0.2, 0.25) is 9.84 Å². The summed E-state index contributed by atoms with van der Waals surface area (Å²) in [6.45, 7) is 0. The zero-order valence-electron chi connectivity index (χ0n) is 13.9. The standard InChI is InChI=1S/C16H8F5NO4S/c17-8-3-7(6-22)4-9(5-8)26-10-1-2-11-13(12(10)15(18)19)14(23)16(20,21)27(11,24)25/h1-5,14-15,23H/i14D. The molecule has 3 rings (SSSR count). The third-order valence-electron chi connectivity index (χ3n) is 3.75. The number of fused-ring (bicyclic) bond motifs is 1. The number of nitrogens with zero attached hydrogens (tertiary/aromatic N) is 1. The smallest absolute Gasteiger partial charge is 0.379 e. The van der Waals surface area contributed by atoms with Crippen LogP contribution >= 0.6 is 0 Å². The molecule has 1 N–H and O–H groups in total. The first-order valence-electron chi connectivity index (χ1n) is 7.53. The van der Waals surface area contributed by atoms with Crippen molar-refractivity contribution in [3.05, 3.63) is 52.8 Å². The molecule has 0 bridgehead atoms. The Bertz CT molecular complexity index is 1130. The molecular weight excluding hydrogens is 397 g/mol. The molecule has 2 aromatic carbocycles.